The van der Waals surface area contributed by atoms with E-state index in [4.69, 9.17) is 9.47 Å². The monoisotopic (exact) mass is 227 g/mol. The van der Waals surface area contributed by atoms with Gasteiger partial charge in [0.2, 0.25) is 0 Å². The summed E-state index contributed by atoms with van der Waals surface area (Å²) in [6, 6.07) is 0. The Kier molecular flexibility index (Phi) is 6.80. The maximum Gasteiger partial charge on any atom is 0.0700 e. The number of nitrogens with one attached hydrogen (secondary N) is 1. The summed E-state index contributed by atoms with van der Waals surface area (Å²) < 4.78 is 12.0. The average molecular weight is 227 g/mol. The van der Waals surface area contributed by atoms with Crippen LogP contribution in [0.25, 0.3) is 0 Å². The number of aromatic nitrogens is 2. The molecule has 0 aliphatic rings. The van der Waals surface area contributed by atoms with Crippen LogP contribution in [-0.2, 0) is 22.9 Å². The number of ether oxygens (including phenoxy) is 2. The Balaban J connectivity index is 1.88. The van der Waals surface area contributed by atoms with Crippen molar-refractivity contribution in [3.05, 3.63) is 18.0 Å². The van der Waals surface area contributed by atoms with Crippen LogP contribution in [-0.4, -0.2) is 49.8 Å². The quantitative estimate of drug-likeness (QED) is 0.613. The minimum Gasteiger partial charge on any atom is -0.382 e. The molecule has 0 unspecified atom stereocenters. The van der Waals surface area contributed by atoms with Crippen LogP contribution in [0.4, 0.5) is 0 Å². The van der Waals surface area contributed by atoms with E-state index < -0.39 is 0 Å². The Morgan fingerprint density at radius 2 is 2.19 bits per heavy atom. The first kappa shape index (κ1) is 13.2. The summed E-state index contributed by atoms with van der Waals surface area (Å²) in [6.07, 6.45) is 4.94. The molecular formula is C11H21N3O2. The molecule has 1 aromatic heterocycles. The zero-order chi connectivity index (χ0) is 11.6. The fourth-order valence-corrected chi connectivity index (χ4v) is 1.35. The summed E-state index contributed by atoms with van der Waals surface area (Å²) in [5.41, 5.74) is 1.26. The molecule has 1 N–H and O–H groups in total. The smallest absolute Gasteiger partial charge is 0.0700 e. The van der Waals surface area contributed by atoms with Gasteiger partial charge in [-0.15, -0.1) is 0 Å². The largest absolute Gasteiger partial charge is 0.382 e. The van der Waals surface area contributed by atoms with E-state index in [9.17, 15) is 0 Å². The van der Waals surface area contributed by atoms with Crippen molar-refractivity contribution in [2.24, 2.45) is 7.05 Å². The average Bonchev–Trinajstić information content (AvgIpc) is 2.68. The Morgan fingerprint density at radius 3 is 2.88 bits per heavy atom. The summed E-state index contributed by atoms with van der Waals surface area (Å²) in [6.45, 7) is 3.90. The first-order valence-electron chi connectivity index (χ1n) is 5.58. The lowest BCUT2D eigenvalue weighted by molar-refractivity contribution is 0.0721. The molecule has 5 heteroatoms. The van der Waals surface area contributed by atoms with E-state index in [-0.39, 0.29) is 0 Å². The van der Waals surface area contributed by atoms with Gasteiger partial charge in [-0.2, -0.15) is 5.10 Å². The fraction of sp³-hybridized carbons (Fsp3) is 0.727. The van der Waals surface area contributed by atoms with Crippen LogP contribution in [0.5, 0.6) is 0 Å². The molecule has 1 heterocycles. The van der Waals surface area contributed by atoms with E-state index >= 15 is 0 Å². The van der Waals surface area contributed by atoms with Gasteiger partial charge < -0.3 is 14.8 Å². The lowest BCUT2D eigenvalue weighted by atomic mass is 10.2. The van der Waals surface area contributed by atoms with E-state index in [1.54, 1.807) is 7.11 Å². The van der Waals surface area contributed by atoms with Crippen molar-refractivity contribution in [2.45, 2.75) is 6.42 Å². The van der Waals surface area contributed by atoms with Gasteiger partial charge in [0, 0.05) is 26.9 Å². The van der Waals surface area contributed by atoms with E-state index in [1.807, 2.05) is 24.1 Å². The van der Waals surface area contributed by atoms with Gasteiger partial charge in [-0.1, -0.05) is 0 Å². The number of hydrogen-bond donors (Lipinski definition) is 1. The third-order valence-corrected chi connectivity index (χ3v) is 2.20. The molecule has 0 radical (unpaired) electrons. The molecule has 92 valence electrons. The van der Waals surface area contributed by atoms with Crippen LogP contribution >= 0.6 is 0 Å². The highest BCUT2D eigenvalue weighted by Crippen LogP contribution is 1.95. The molecule has 0 bridgehead atoms. The third kappa shape index (κ3) is 5.85. The summed E-state index contributed by atoms with van der Waals surface area (Å²) >= 11 is 0. The van der Waals surface area contributed by atoms with Gasteiger partial charge in [0.25, 0.3) is 0 Å². The molecule has 0 spiro atoms. The lowest BCUT2D eigenvalue weighted by Gasteiger charge is -2.04. The molecule has 0 saturated carbocycles. The third-order valence-electron chi connectivity index (χ3n) is 2.20. The maximum absolute atomic E-state index is 5.33. The number of nitrogens with zero attached hydrogens (tertiary/aromatic N) is 2. The highest BCUT2D eigenvalue weighted by molar-refractivity contribution is 5.03. The van der Waals surface area contributed by atoms with Crippen molar-refractivity contribution in [1.82, 2.24) is 15.1 Å². The van der Waals surface area contributed by atoms with E-state index in [2.05, 4.69) is 10.4 Å². The molecule has 0 aliphatic carbocycles. The minimum absolute atomic E-state index is 0.662. The van der Waals surface area contributed by atoms with Crippen molar-refractivity contribution in [3.63, 3.8) is 0 Å². The Morgan fingerprint density at radius 1 is 1.31 bits per heavy atom. The molecule has 16 heavy (non-hydrogen) atoms. The molecule has 5 nitrogen and oxygen atoms in total. The topological polar surface area (TPSA) is 48.3 Å². The molecule has 0 amide bonds. The van der Waals surface area contributed by atoms with Crippen LogP contribution in [0.2, 0.25) is 0 Å². The normalized spacial score (nSPS) is 10.9. The van der Waals surface area contributed by atoms with Crippen LogP contribution in [0.1, 0.15) is 5.56 Å². The van der Waals surface area contributed by atoms with Crippen LogP contribution in [0.3, 0.4) is 0 Å². The van der Waals surface area contributed by atoms with Gasteiger partial charge in [-0.3, -0.25) is 4.68 Å². The number of methoxy groups -OCH3 is 1. The highest BCUT2D eigenvalue weighted by atomic mass is 16.5. The van der Waals surface area contributed by atoms with Gasteiger partial charge in [0.15, 0.2) is 0 Å². The van der Waals surface area contributed by atoms with Crippen molar-refractivity contribution in [2.75, 3.05) is 40.0 Å². The van der Waals surface area contributed by atoms with E-state index in [0.29, 0.717) is 13.2 Å². The molecule has 1 rings (SSSR count). The van der Waals surface area contributed by atoms with Gasteiger partial charge in [-0.25, -0.2) is 0 Å². The number of hydrogen-bond acceptors (Lipinski definition) is 4. The molecular weight excluding hydrogens is 206 g/mol. The second kappa shape index (κ2) is 8.27. The zero-order valence-electron chi connectivity index (χ0n) is 10.1. The van der Waals surface area contributed by atoms with E-state index in [0.717, 1.165) is 26.1 Å². The van der Waals surface area contributed by atoms with Crippen LogP contribution < -0.4 is 5.32 Å². The summed E-state index contributed by atoms with van der Waals surface area (Å²) in [4.78, 5) is 0. The summed E-state index contributed by atoms with van der Waals surface area (Å²) in [5, 5.41) is 7.43. The standard InChI is InChI=1S/C11H21N3O2/c1-14-10-11(9-13-14)3-4-12-5-6-16-8-7-15-2/h9-10,12H,3-8H2,1-2H3. The molecule has 1 aromatic rings. The Labute approximate surface area is 96.7 Å². The SMILES string of the molecule is COCCOCCNCCc1cnn(C)c1. The molecule has 0 atom stereocenters. The molecule has 0 saturated heterocycles. The highest BCUT2D eigenvalue weighted by Gasteiger charge is 1.95. The lowest BCUT2D eigenvalue weighted by Crippen LogP contribution is -2.22. The predicted molar refractivity (Wildman–Crippen MR) is 62.5 cm³/mol. The summed E-state index contributed by atoms with van der Waals surface area (Å²) in [5.74, 6) is 0. The minimum atomic E-state index is 0.662. The maximum atomic E-state index is 5.33. The van der Waals surface area contributed by atoms with Crippen LogP contribution in [0.15, 0.2) is 12.4 Å². The van der Waals surface area contributed by atoms with Gasteiger partial charge in [0.05, 0.1) is 26.0 Å². The molecule has 0 aliphatic heterocycles. The van der Waals surface area contributed by atoms with Crippen molar-refractivity contribution in [3.8, 4) is 0 Å². The fourth-order valence-electron chi connectivity index (χ4n) is 1.35. The second-order valence-corrected chi connectivity index (χ2v) is 3.63. The number of aryl methyl sites for hydroxylation is 1. The van der Waals surface area contributed by atoms with Crippen molar-refractivity contribution < 1.29 is 9.47 Å². The first-order chi connectivity index (χ1) is 7.83. The van der Waals surface area contributed by atoms with E-state index in [1.165, 1.54) is 5.56 Å². The van der Waals surface area contributed by atoms with Gasteiger partial charge >= 0.3 is 0 Å². The number of rotatable bonds is 9. The second-order valence-electron chi connectivity index (χ2n) is 3.63. The predicted octanol–water partition coefficient (Wildman–Crippen LogP) is 0.215. The zero-order valence-corrected chi connectivity index (χ0v) is 10.1. The Hall–Kier alpha value is -0.910. The van der Waals surface area contributed by atoms with Crippen molar-refractivity contribution >= 4 is 0 Å². The Bertz CT molecular complexity index is 276. The molecule has 0 aromatic carbocycles. The van der Waals surface area contributed by atoms with Crippen LogP contribution in [0, 0.1) is 0 Å². The summed E-state index contributed by atoms with van der Waals surface area (Å²) in [7, 11) is 3.61. The van der Waals surface area contributed by atoms with Gasteiger partial charge in [0.1, 0.15) is 0 Å². The van der Waals surface area contributed by atoms with Crippen molar-refractivity contribution in [1.29, 1.82) is 0 Å². The van der Waals surface area contributed by atoms with Gasteiger partial charge in [-0.05, 0) is 18.5 Å². The first-order valence-corrected chi connectivity index (χ1v) is 5.58. The molecule has 0 fully saturated rings.